The van der Waals surface area contributed by atoms with Gasteiger partial charge >= 0.3 is 5.97 Å². The third-order valence-corrected chi connectivity index (χ3v) is 5.91. The molecule has 0 unspecified atom stereocenters. The largest absolute Gasteiger partial charge is 0.452 e. The second-order valence-corrected chi connectivity index (χ2v) is 8.23. The number of nitrogens with one attached hydrogen (secondary N) is 1. The highest BCUT2D eigenvalue weighted by atomic mass is 79.9. The van der Waals surface area contributed by atoms with E-state index in [-0.39, 0.29) is 16.9 Å². The van der Waals surface area contributed by atoms with Gasteiger partial charge in [-0.3, -0.25) is 4.79 Å². The Morgan fingerprint density at radius 3 is 2.70 bits per heavy atom. The molecule has 1 aromatic carbocycles. The first kappa shape index (κ1) is 18.4. The minimum Gasteiger partial charge on any atom is -0.452 e. The number of benzene rings is 1. The van der Waals surface area contributed by atoms with E-state index in [1.165, 1.54) is 6.07 Å². The number of rotatable bonds is 2. The van der Waals surface area contributed by atoms with Crippen molar-refractivity contribution in [3.63, 3.8) is 0 Å². The monoisotopic (exact) mass is 435 g/mol. The topological polar surface area (TPSA) is 64.6 Å². The SMILES string of the molecule is CC[C@@H]1OC(=O)C2=C1NC1=C(C(=O)COC1(C)C)[C@H]2c1ccc(F)c(Br)c1. The first-order valence-electron chi connectivity index (χ1n) is 8.83. The van der Waals surface area contributed by atoms with E-state index in [2.05, 4.69) is 21.2 Å². The van der Waals surface area contributed by atoms with Gasteiger partial charge < -0.3 is 14.8 Å². The van der Waals surface area contributed by atoms with E-state index in [1.807, 2.05) is 20.8 Å². The normalized spacial score (nSPS) is 26.6. The average Bonchev–Trinajstić information content (AvgIpc) is 2.95. The first-order valence-corrected chi connectivity index (χ1v) is 9.62. The molecule has 0 bridgehead atoms. The van der Waals surface area contributed by atoms with Gasteiger partial charge in [-0.2, -0.15) is 0 Å². The lowest BCUT2D eigenvalue weighted by atomic mass is 9.75. The molecule has 0 fully saturated rings. The van der Waals surface area contributed by atoms with Crippen molar-refractivity contribution in [3.05, 3.63) is 56.6 Å². The summed E-state index contributed by atoms with van der Waals surface area (Å²) < 4.78 is 25.3. The van der Waals surface area contributed by atoms with Crippen LogP contribution in [0.2, 0.25) is 0 Å². The summed E-state index contributed by atoms with van der Waals surface area (Å²) in [6.07, 6.45) is 0.204. The standard InChI is InChI=1S/C20H19BrFNO4/c1-4-13-17-16(19(25)27-13)14(9-5-6-11(22)10(21)7-9)15-12(24)8-26-20(2,3)18(15)23-17/h5-7,13-14,23H,4,8H2,1-3H3/t13-,14+/m0/s1. The van der Waals surface area contributed by atoms with E-state index in [4.69, 9.17) is 9.47 Å². The summed E-state index contributed by atoms with van der Waals surface area (Å²) in [5, 5.41) is 3.28. The number of halogens is 2. The van der Waals surface area contributed by atoms with E-state index in [1.54, 1.807) is 12.1 Å². The van der Waals surface area contributed by atoms with E-state index < -0.39 is 29.4 Å². The number of esters is 1. The van der Waals surface area contributed by atoms with Gasteiger partial charge in [-0.25, -0.2) is 9.18 Å². The minimum atomic E-state index is -0.721. The summed E-state index contributed by atoms with van der Waals surface area (Å²) in [6.45, 7) is 5.62. The van der Waals surface area contributed by atoms with Crippen LogP contribution in [0.4, 0.5) is 4.39 Å². The van der Waals surface area contributed by atoms with Crippen LogP contribution in [0, 0.1) is 5.82 Å². The Morgan fingerprint density at radius 2 is 2.04 bits per heavy atom. The van der Waals surface area contributed by atoms with Crippen LogP contribution in [0.1, 0.15) is 38.7 Å². The Hall–Kier alpha value is -1.99. The number of cyclic esters (lactones) is 1. The van der Waals surface area contributed by atoms with Crippen LogP contribution >= 0.6 is 15.9 Å². The summed E-state index contributed by atoms with van der Waals surface area (Å²) in [6, 6.07) is 4.55. The van der Waals surface area contributed by atoms with Crippen LogP contribution < -0.4 is 5.32 Å². The zero-order valence-electron chi connectivity index (χ0n) is 15.2. The molecule has 0 spiro atoms. The predicted molar refractivity (Wildman–Crippen MR) is 99.2 cm³/mol. The number of carbonyl (C=O) groups excluding carboxylic acids is 2. The van der Waals surface area contributed by atoms with Crippen molar-refractivity contribution < 1.29 is 23.5 Å². The van der Waals surface area contributed by atoms with Crippen LogP contribution in [0.5, 0.6) is 0 Å². The average molecular weight is 436 g/mol. The van der Waals surface area contributed by atoms with Crippen LogP contribution in [0.3, 0.4) is 0 Å². The van der Waals surface area contributed by atoms with Crippen molar-refractivity contribution in [3.8, 4) is 0 Å². The smallest absolute Gasteiger partial charge is 0.337 e. The zero-order chi connectivity index (χ0) is 19.5. The third-order valence-electron chi connectivity index (χ3n) is 5.30. The van der Waals surface area contributed by atoms with Gasteiger partial charge in [0.15, 0.2) is 5.78 Å². The van der Waals surface area contributed by atoms with Crippen molar-refractivity contribution in [1.82, 2.24) is 5.32 Å². The first-order chi connectivity index (χ1) is 12.7. The highest BCUT2D eigenvalue weighted by Gasteiger charge is 2.49. The molecule has 142 valence electrons. The maximum Gasteiger partial charge on any atom is 0.337 e. The van der Waals surface area contributed by atoms with E-state index in [9.17, 15) is 14.0 Å². The molecule has 1 aromatic rings. The number of Topliss-reactive ketones (excluding diaryl/α,β-unsaturated/α-hetero) is 1. The lowest BCUT2D eigenvalue weighted by molar-refractivity contribution is -0.140. The Kier molecular flexibility index (Phi) is 4.27. The van der Waals surface area contributed by atoms with Crippen LogP contribution in [0.25, 0.3) is 0 Å². The van der Waals surface area contributed by atoms with Crippen molar-refractivity contribution in [1.29, 1.82) is 0 Å². The summed E-state index contributed by atoms with van der Waals surface area (Å²) in [5.74, 6) is -1.66. The zero-order valence-corrected chi connectivity index (χ0v) is 16.8. The molecule has 3 heterocycles. The molecule has 7 heteroatoms. The molecular formula is C20H19BrFNO4. The third kappa shape index (κ3) is 2.75. The number of hydrogen-bond donors (Lipinski definition) is 1. The van der Waals surface area contributed by atoms with E-state index in [0.717, 1.165) is 0 Å². The quantitative estimate of drug-likeness (QED) is 0.720. The van der Waals surface area contributed by atoms with Gasteiger partial charge in [0.25, 0.3) is 0 Å². The van der Waals surface area contributed by atoms with Crippen molar-refractivity contribution in [2.45, 2.75) is 44.8 Å². The Morgan fingerprint density at radius 1 is 1.30 bits per heavy atom. The van der Waals surface area contributed by atoms with Gasteiger partial charge in [0.2, 0.25) is 0 Å². The summed E-state index contributed by atoms with van der Waals surface area (Å²) in [5.41, 5.74) is 2.14. The van der Waals surface area contributed by atoms with Gasteiger partial charge in [0, 0.05) is 11.5 Å². The lowest BCUT2D eigenvalue weighted by Gasteiger charge is -2.40. The molecular weight excluding hydrogens is 417 g/mol. The molecule has 3 aliphatic rings. The highest BCUT2D eigenvalue weighted by molar-refractivity contribution is 9.10. The second kappa shape index (κ2) is 6.27. The molecule has 0 saturated carbocycles. The van der Waals surface area contributed by atoms with Gasteiger partial charge in [-0.05, 0) is 53.9 Å². The van der Waals surface area contributed by atoms with E-state index in [0.29, 0.717) is 34.5 Å². The number of ketones is 1. The molecule has 0 saturated heterocycles. The molecule has 0 aromatic heterocycles. The fourth-order valence-electron chi connectivity index (χ4n) is 3.93. The number of ether oxygens (including phenoxy) is 2. The van der Waals surface area contributed by atoms with Gasteiger partial charge in [0.1, 0.15) is 24.1 Å². The molecule has 0 amide bonds. The molecule has 1 N–H and O–H groups in total. The van der Waals surface area contributed by atoms with E-state index >= 15 is 0 Å². The van der Waals surface area contributed by atoms with Gasteiger partial charge in [-0.15, -0.1) is 0 Å². The molecule has 4 rings (SSSR count). The number of hydrogen-bond acceptors (Lipinski definition) is 5. The molecule has 0 aliphatic carbocycles. The van der Waals surface area contributed by atoms with Gasteiger partial charge in [0.05, 0.1) is 21.4 Å². The molecule has 2 atom stereocenters. The summed E-state index contributed by atoms with van der Waals surface area (Å²) in [7, 11) is 0. The molecule has 0 radical (unpaired) electrons. The minimum absolute atomic E-state index is 0.0682. The van der Waals surface area contributed by atoms with Crippen LogP contribution in [0.15, 0.2) is 45.2 Å². The molecule has 3 aliphatic heterocycles. The molecule has 27 heavy (non-hydrogen) atoms. The highest BCUT2D eigenvalue weighted by Crippen LogP contribution is 2.47. The fraction of sp³-hybridized carbons (Fsp3) is 0.400. The van der Waals surface area contributed by atoms with Gasteiger partial charge in [-0.1, -0.05) is 13.0 Å². The number of carbonyl (C=O) groups is 2. The van der Waals surface area contributed by atoms with Crippen LogP contribution in [-0.2, 0) is 19.1 Å². The summed E-state index contributed by atoms with van der Waals surface area (Å²) >= 11 is 3.20. The molecule has 5 nitrogen and oxygen atoms in total. The van der Waals surface area contributed by atoms with Crippen molar-refractivity contribution in [2.24, 2.45) is 0 Å². The Balaban J connectivity index is 1.97. The Bertz CT molecular complexity index is 934. The van der Waals surface area contributed by atoms with Crippen LogP contribution in [-0.4, -0.2) is 30.1 Å². The second-order valence-electron chi connectivity index (χ2n) is 7.37. The predicted octanol–water partition coefficient (Wildman–Crippen LogP) is 3.50. The summed E-state index contributed by atoms with van der Waals surface area (Å²) in [4.78, 5) is 25.5. The van der Waals surface area contributed by atoms with Crippen molar-refractivity contribution in [2.75, 3.05) is 6.61 Å². The maximum absolute atomic E-state index is 13.8. The number of dihydropyridines is 1. The Labute approximate surface area is 164 Å². The lowest BCUT2D eigenvalue weighted by Crippen LogP contribution is -2.47. The van der Waals surface area contributed by atoms with Crippen molar-refractivity contribution >= 4 is 27.7 Å². The fourth-order valence-corrected chi connectivity index (χ4v) is 4.33. The maximum atomic E-state index is 13.8.